The Morgan fingerprint density at radius 2 is 1.12 bits per heavy atom. The van der Waals surface area contributed by atoms with Crippen molar-refractivity contribution in [2.24, 2.45) is 0 Å². The summed E-state index contributed by atoms with van der Waals surface area (Å²) in [5.74, 6) is 0. The van der Waals surface area contributed by atoms with Gasteiger partial charge in [0.1, 0.15) is 0 Å². The van der Waals surface area contributed by atoms with Crippen LogP contribution in [0.25, 0.3) is 0 Å². The van der Waals surface area contributed by atoms with Gasteiger partial charge < -0.3 is 6.92 Å². The van der Waals surface area contributed by atoms with Crippen molar-refractivity contribution in [1.82, 2.24) is 0 Å². The first-order valence-corrected chi connectivity index (χ1v) is 1.63. The summed E-state index contributed by atoms with van der Waals surface area (Å²) in [4.78, 5) is 0. The van der Waals surface area contributed by atoms with Crippen LogP contribution in [0.2, 0.25) is 0 Å². The predicted molar refractivity (Wildman–Crippen MR) is 28.2 cm³/mol. The van der Waals surface area contributed by atoms with Crippen LogP contribution in [0.1, 0.15) is 6.92 Å². The molecule has 0 aromatic heterocycles. The van der Waals surface area contributed by atoms with Crippen LogP contribution >= 0.6 is 0 Å². The third-order valence-electron chi connectivity index (χ3n) is 0. The van der Waals surface area contributed by atoms with E-state index in [1.165, 1.54) is 0 Å². The van der Waals surface area contributed by atoms with Crippen LogP contribution in [0.3, 0.4) is 0 Å². The fraction of sp³-hybridized carbons (Fsp3) is 0.500. The molecule has 46 valence electrons. The number of hydrogen-bond donors (Lipinski definition) is 0. The maximum absolute atomic E-state index is 10.2. The molecule has 0 radical (unpaired) electrons. The van der Waals surface area contributed by atoms with E-state index in [-0.39, 0.29) is 23.1 Å². The summed E-state index contributed by atoms with van der Waals surface area (Å²) in [6, 6.07) is 0. The molecule has 0 aliphatic heterocycles. The largest absolute Gasteiger partial charge is 2.00 e. The van der Waals surface area contributed by atoms with Gasteiger partial charge in [-0.05, 0) is 0 Å². The zero-order valence-electron chi connectivity index (χ0n) is 4.76. The standard InChI is InChI=1S/C2H2F3.C2H5.Mg/c1-2(3,4)5;1-2;/h1H2;1H2,2H3;/q2*-1;+2. The van der Waals surface area contributed by atoms with E-state index in [4.69, 9.17) is 0 Å². The molecule has 0 aliphatic rings. The van der Waals surface area contributed by atoms with Crippen LogP contribution in [0.15, 0.2) is 0 Å². The summed E-state index contributed by atoms with van der Waals surface area (Å²) in [5.41, 5.74) is 0. The first-order chi connectivity index (χ1) is 3.00. The molecule has 0 bridgehead atoms. The molecule has 4 heteroatoms. The third kappa shape index (κ3) is 654. The average molecular weight is 136 g/mol. The van der Waals surface area contributed by atoms with Crippen LogP contribution in [0.5, 0.6) is 0 Å². The normalized spacial score (nSPS) is 8.25. The molecular weight excluding hydrogens is 129 g/mol. The van der Waals surface area contributed by atoms with Crippen molar-refractivity contribution in [3.05, 3.63) is 13.8 Å². The molecule has 0 atom stereocenters. The smallest absolute Gasteiger partial charge is 0.346 e. The molecule has 0 nitrogen and oxygen atoms in total. The Morgan fingerprint density at radius 3 is 1.12 bits per heavy atom. The van der Waals surface area contributed by atoms with Gasteiger partial charge in [0.05, 0.1) is 0 Å². The van der Waals surface area contributed by atoms with Gasteiger partial charge in [0.15, 0.2) is 0 Å². The maximum atomic E-state index is 10.2. The first kappa shape index (κ1) is 15.8. The van der Waals surface area contributed by atoms with E-state index in [2.05, 4.69) is 6.92 Å². The topological polar surface area (TPSA) is 0 Å². The molecule has 0 aromatic rings. The Kier molecular flexibility index (Phi) is 14.9. The van der Waals surface area contributed by atoms with Crippen molar-refractivity contribution in [3.8, 4) is 0 Å². The van der Waals surface area contributed by atoms with Gasteiger partial charge in [-0.25, -0.2) is 20.1 Å². The molecule has 0 amide bonds. The SMILES string of the molecule is [CH2-]C.[CH2-]C(F)(F)F.[Mg+2]. The second-order valence-electron chi connectivity index (χ2n) is 0.615. The van der Waals surface area contributed by atoms with Crippen molar-refractivity contribution in [3.63, 3.8) is 0 Å². The summed E-state index contributed by atoms with van der Waals surface area (Å²) >= 11 is 0. The number of rotatable bonds is 0. The van der Waals surface area contributed by atoms with Crippen molar-refractivity contribution in [1.29, 1.82) is 0 Å². The van der Waals surface area contributed by atoms with E-state index in [9.17, 15) is 13.2 Å². The van der Waals surface area contributed by atoms with Crippen LogP contribution in [-0.2, 0) is 0 Å². The molecule has 0 spiro atoms. The van der Waals surface area contributed by atoms with Gasteiger partial charge in [0.25, 0.3) is 6.18 Å². The van der Waals surface area contributed by atoms with Crippen LogP contribution in [0.4, 0.5) is 13.2 Å². The fourth-order valence-corrected chi connectivity index (χ4v) is 0. The van der Waals surface area contributed by atoms with Gasteiger partial charge in [-0.2, -0.15) is 6.92 Å². The summed E-state index contributed by atoms with van der Waals surface area (Å²) in [6.07, 6.45) is -4.25. The van der Waals surface area contributed by atoms with Crippen molar-refractivity contribution in [2.75, 3.05) is 0 Å². The number of alkyl halides is 3. The fourth-order valence-electron chi connectivity index (χ4n) is 0. The second kappa shape index (κ2) is 7.56. The van der Waals surface area contributed by atoms with Gasteiger partial charge >= 0.3 is 23.1 Å². The Bertz CT molecular complexity index is 26.8. The Labute approximate surface area is 63.6 Å². The second-order valence-corrected chi connectivity index (χ2v) is 0.615. The van der Waals surface area contributed by atoms with Crippen molar-refractivity contribution < 1.29 is 13.2 Å². The predicted octanol–water partition coefficient (Wildman–Crippen LogP) is 1.84. The maximum Gasteiger partial charge on any atom is 2.00 e. The molecule has 0 rings (SSSR count). The molecule has 0 N–H and O–H groups in total. The average Bonchev–Trinajstić information content (AvgIpc) is 1.36. The molecule has 0 saturated carbocycles. The summed E-state index contributed by atoms with van der Waals surface area (Å²) in [6.45, 7) is 6.77. The minimum Gasteiger partial charge on any atom is -0.346 e. The zero-order chi connectivity index (χ0) is 6.50. The Hall–Kier alpha value is 0.556. The summed E-state index contributed by atoms with van der Waals surface area (Å²) < 4.78 is 30.7. The molecule has 0 aliphatic carbocycles. The summed E-state index contributed by atoms with van der Waals surface area (Å²) in [7, 11) is 0. The van der Waals surface area contributed by atoms with E-state index >= 15 is 0 Å². The van der Waals surface area contributed by atoms with Gasteiger partial charge in [-0.3, -0.25) is 0 Å². The van der Waals surface area contributed by atoms with Crippen molar-refractivity contribution in [2.45, 2.75) is 13.1 Å². The molecule has 0 heterocycles. The van der Waals surface area contributed by atoms with E-state index in [1.807, 2.05) is 0 Å². The van der Waals surface area contributed by atoms with Crippen LogP contribution in [-0.4, -0.2) is 29.2 Å². The van der Waals surface area contributed by atoms with Crippen LogP contribution < -0.4 is 0 Å². The third-order valence-corrected chi connectivity index (χ3v) is 0. The summed E-state index contributed by atoms with van der Waals surface area (Å²) in [5, 5.41) is 0. The molecular formula is C4H7F3Mg. The molecule has 0 unspecified atom stereocenters. The van der Waals surface area contributed by atoms with Gasteiger partial charge in [0, 0.05) is 0 Å². The minimum atomic E-state index is -4.25. The molecule has 0 saturated heterocycles. The van der Waals surface area contributed by atoms with Gasteiger partial charge in [-0.15, -0.1) is 0 Å². The molecule has 8 heavy (non-hydrogen) atoms. The van der Waals surface area contributed by atoms with E-state index in [0.29, 0.717) is 0 Å². The molecule has 0 aromatic carbocycles. The molecule has 0 fully saturated rings. The number of hydrogen-bond acceptors (Lipinski definition) is 0. The monoisotopic (exact) mass is 136 g/mol. The van der Waals surface area contributed by atoms with E-state index < -0.39 is 6.18 Å². The Balaban J connectivity index is -0.0000000750. The van der Waals surface area contributed by atoms with Gasteiger partial charge in [-0.1, -0.05) is 0 Å². The van der Waals surface area contributed by atoms with Crippen LogP contribution in [0, 0.1) is 13.8 Å². The number of halogens is 3. The van der Waals surface area contributed by atoms with E-state index in [1.54, 1.807) is 13.8 Å². The van der Waals surface area contributed by atoms with Crippen molar-refractivity contribution >= 4 is 23.1 Å². The minimum absolute atomic E-state index is 0. The van der Waals surface area contributed by atoms with E-state index in [0.717, 1.165) is 0 Å². The van der Waals surface area contributed by atoms with Gasteiger partial charge in [0.2, 0.25) is 0 Å². The first-order valence-electron chi connectivity index (χ1n) is 1.63. The quantitative estimate of drug-likeness (QED) is 0.352. The zero-order valence-corrected chi connectivity index (χ0v) is 6.17. The Morgan fingerprint density at radius 1 is 1.12 bits per heavy atom.